The van der Waals surface area contributed by atoms with Gasteiger partial charge in [0.15, 0.2) is 0 Å². The molecule has 0 unspecified atom stereocenters. The minimum Gasteiger partial charge on any atom is -0.494 e. The molecule has 1 heterocycles. The van der Waals surface area contributed by atoms with Crippen LogP contribution in [0.25, 0.3) is 0 Å². The molecule has 4 heteroatoms. The van der Waals surface area contributed by atoms with E-state index in [1.54, 1.807) is 0 Å². The normalized spacial score (nSPS) is 10.3. The second-order valence-corrected chi connectivity index (χ2v) is 4.08. The molecule has 0 radical (unpaired) electrons. The summed E-state index contributed by atoms with van der Waals surface area (Å²) in [4.78, 5) is 0. The van der Waals surface area contributed by atoms with Crippen molar-refractivity contribution >= 4 is 5.69 Å². The van der Waals surface area contributed by atoms with Crippen LogP contribution in [0.15, 0.2) is 36.5 Å². The van der Waals surface area contributed by atoms with Crippen LogP contribution >= 0.6 is 0 Å². The highest BCUT2D eigenvalue weighted by molar-refractivity contribution is 5.46. The van der Waals surface area contributed by atoms with Gasteiger partial charge in [-0.05, 0) is 37.3 Å². The summed E-state index contributed by atoms with van der Waals surface area (Å²) in [5.74, 6) is 0.912. The smallest absolute Gasteiger partial charge is 0.119 e. The molecule has 0 aliphatic rings. The van der Waals surface area contributed by atoms with Crippen molar-refractivity contribution in [3.05, 3.63) is 42.2 Å². The second kappa shape index (κ2) is 6.10. The Morgan fingerprint density at radius 1 is 1.22 bits per heavy atom. The summed E-state index contributed by atoms with van der Waals surface area (Å²) in [6, 6.07) is 10.1. The molecule has 2 aromatic rings. The van der Waals surface area contributed by atoms with Gasteiger partial charge in [0.25, 0.3) is 0 Å². The number of rotatable bonds is 6. The van der Waals surface area contributed by atoms with Gasteiger partial charge in [-0.1, -0.05) is 0 Å². The Morgan fingerprint density at radius 3 is 2.61 bits per heavy atom. The van der Waals surface area contributed by atoms with E-state index in [1.807, 2.05) is 55.2 Å². The SMILES string of the molecule is CCOc1ccc(NCCc2ccnn2C)cc1. The first kappa shape index (κ1) is 12.5. The molecule has 0 bridgehead atoms. The zero-order valence-corrected chi connectivity index (χ0v) is 10.9. The quantitative estimate of drug-likeness (QED) is 0.849. The molecule has 0 amide bonds. The van der Waals surface area contributed by atoms with Crippen molar-refractivity contribution in [1.82, 2.24) is 9.78 Å². The fraction of sp³-hybridized carbons (Fsp3) is 0.357. The summed E-state index contributed by atoms with van der Waals surface area (Å²) < 4.78 is 7.30. The lowest BCUT2D eigenvalue weighted by atomic mass is 10.2. The number of benzene rings is 1. The van der Waals surface area contributed by atoms with Crippen LogP contribution in [-0.2, 0) is 13.5 Å². The van der Waals surface area contributed by atoms with Gasteiger partial charge in [0.1, 0.15) is 5.75 Å². The first-order valence-electron chi connectivity index (χ1n) is 6.23. The monoisotopic (exact) mass is 245 g/mol. The van der Waals surface area contributed by atoms with Crippen molar-refractivity contribution in [1.29, 1.82) is 0 Å². The predicted octanol–water partition coefficient (Wildman–Crippen LogP) is 2.47. The molecule has 0 spiro atoms. The molecule has 0 saturated heterocycles. The van der Waals surface area contributed by atoms with E-state index in [9.17, 15) is 0 Å². The van der Waals surface area contributed by atoms with E-state index in [1.165, 1.54) is 5.69 Å². The summed E-state index contributed by atoms with van der Waals surface area (Å²) in [6.45, 7) is 3.58. The summed E-state index contributed by atoms with van der Waals surface area (Å²) in [5.41, 5.74) is 2.34. The maximum absolute atomic E-state index is 5.40. The van der Waals surface area contributed by atoms with Crippen LogP contribution in [0.5, 0.6) is 5.75 Å². The van der Waals surface area contributed by atoms with E-state index in [2.05, 4.69) is 10.4 Å². The average molecular weight is 245 g/mol. The third kappa shape index (κ3) is 3.26. The Kier molecular flexibility index (Phi) is 4.23. The zero-order chi connectivity index (χ0) is 12.8. The lowest BCUT2D eigenvalue weighted by Crippen LogP contribution is -2.08. The largest absolute Gasteiger partial charge is 0.494 e. The molecule has 18 heavy (non-hydrogen) atoms. The molecule has 0 aliphatic carbocycles. The Labute approximate surface area is 108 Å². The van der Waals surface area contributed by atoms with E-state index in [0.717, 1.165) is 24.4 Å². The maximum Gasteiger partial charge on any atom is 0.119 e. The number of hydrogen-bond donors (Lipinski definition) is 1. The summed E-state index contributed by atoms with van der Waals surface area (Å²) >= 11 is 0. The third-order valence-corrected chi connectivity index (χ3v) is 2.80. The minimum absolute atomic E-state index is 0.702. The van der Waals surface area contributed by atoms with Gasteiger partial charge in [-0.25, -0.2) is 0 Å². The first-order chi connectivity index (χ1) is 8.79. The fourth-order valence-corrected chi connectivity index (χ4v) is 1.82. The van der Waals surface area contributed by atoms with Crippen molar-refractivity contribution < 1.29 is 4.74 Å². The van der Waals surface area contributed by atoms with Crippen molar-refractivity contribution in [2.75, 3.05) is 18.5 Å². The summed E-state index contributed by atoms with van der Waals surface area (Å²) in [7, 11) is 1.96. The van der Waals surface area contributed by atoms with Gasteiger partial charge in [-0.2, -0.15) is 5.10 Å². The van der Waals surface area contributed by atoms with E-state index in [-0.39, 0.29) is 0 Å². The minimum atomic E-state index is 0.702. The fourth-order valence-electron chi connectivity index (χ4n) is 1.82. The third-order valence-electron chi connectivity index (χ3n) is 2.80. The summed E-state index contributed by atoms with van der Waals surface area (Å²) in [6.07, 6.45) is 2.79. The lowest BCUT2D eigenvalue weighted by Gasteiger charge is -2.08. The lowest BCUT2D eigenvalue weighted by molar-refractivity contribution is 0.340. The molecular weight excluding hydrogens is 226 g/mol. The molecule has 1 N–H and O–H groups in total. The number of ether oxygens (including phenoxy) is 1. The Bertz CT molecular complexity index is 476. The number of anilines is 1. The zero-order valence-electron chi connectivity index (χ0n) is 10.9. The molecule has 0 atom stereocenters. The van der Waals surface area contributed by atoms with Crippen molar-refractivity contribution in [3.8, 4) is 5.75 Å². The molecular formula is C14H19N3O. The average Bonchev–Trinajstić information content (AvgIpc) is 2.78. The molecule has 0 saturated carbocycles. The van der Waals surface area contributed by atoms with E-state index in [0.29, 0.717) is 6.61 Å². The van der Waals surface area contributed by atoms with E-state index in [4.69, 9.17) is 4.74 Å². The van der Waals surface area contributed by atoms with Gasteiger partial charge in [0.2, 0.25) is 0 Å². The van der Waals surface area contributed by atoms with E-state index < -0.39 is 0 Å². The number of nitrogens with one attached hydrogen (secondary N) is 1. The number of hydrogen-bond acceptors (Lipinski definition) is 3. The standard InChI is InChI=1S/C14H19N3O/c1-3-18-14-6-4-12(5-7-14)15-10-8-13-9-11-16-17(13)2/h4-7,9,11,15H,3,8,10H2,1-2H3. The van der Waals surface area contributed by atoms with Gasteiger partial charge in [0.05, 0.1) is 6.61 Å². The number of nitrogens with zero attached hydrogens (tertiary/aromatic N) is 2. The van der Waals surface area contributed by atoms with Crippen LogP contribution in [0, 0.1) is 0 Å². The highest BCUT2D eigenvalue weighted by atomic mass is 16.5. The second-order valence-electron chi connectivity index (χ2n) is 4.08. The number of aryl methyl sites for hydroxylation is 1. The molecule has 2 rings (SSSR count). The Balaban J connectivity index is 1.81. The van der Waals surface area contributed by atoms with Gasteiger partial charge in [-0.3, -0.25) is 4.68 Å². The highest BCUT2D eigenvalue weighted by Gasteiger charge is 1.98. The Morgan fingerprint density at radius 2 is 2.00 bits per heavy atom. The molecule has 0 aliphatic heterocycles. The van der Waals surface area contributed by atoms with Crippen molar-refractivity contribution in [2.45, 2.75) is 13.3 Å². The van der Waals surface area contributed by atoms with Crippen molar-refractivity contribution in [2.24, 2.45) is 7.05 Å². The first-order valence-corrected chi connectivity index (χ1v) is 6.23. The van der Waals surface area contributed by atoms with Crippen LogP contribution in [0.1, 0.15) is 12.6 Å². The van der Waals surface area contributed by atoms with Crippen LogP contribution < -0.4 is 10.1 Å². The van der Waals surface area contributed by atoms with Gasteiger partial charge in [-0.15, -0.1) is 0 Å². The van der Waals surface area contributed by atoms with Crippen molar-refractivity contribution in [3.63, 3.8) is 0 Å². The van der Waals surface area contributed by atoms with Crippen LogP contribution in [0.2, 0.25) is 0 Å². The number of aromatic nitrogens is 2. The maximum atomic E-state index is 5.40. The van der Waals surface area contributed by atoms with Crippen LogP contribution in [0.3, 0.4) is 0 Å². The van der Waals surface area contributed by atoms with Crippen LogP contribution in [0.4, 0.5) is 5.69 Å². The van der Waals surface area contributed by atoms with Gasteiger partial charge < -0.3 is 10.1 Å². The Hall–Kier alpha value is -1.97. The predicted molar refractivity (Wildman–Crippen MR) is 73.0 cm³/mol. The molecule has 4 nitrogen and oxygen atoms in total. The highest BCUT2D eigenvalue weighted by Crippen LogP contribution is 2.15. The molecule has 0 fully saturated rings. The van der Waals surface area contributed by atoms with Gasteiger partial charge in [0, 0.05) is 37.6 Å². The topological polar surface area (TPSA) is 39.1 Å². The molecule has 96 valence electrons. The van der Waals surface area contributed by atoms with E-state index >= 15 is 0 Å². The van der Waals surface area contributed by atoms with Gasteiger partial charge >= 0.3 is 0 Å². The van der Waals surface area contributed by atoms with Crippen LogP contribution in [-0.4, -0.2) is 22.9 Å². The molecule has 1 aromatic heterocycles. The summed E-state index contributed by atoms with van der Waals surface area (Å²) in [5, 5.41) is 7.53. The molecule has 1 aromatic carbocycles.